The van der Waals surface area contributed by atoms with Crippen LogP contribution in [0.1, 0.15) is 38.5 Å². The summed E-state index contributed by atoms with van der Waals surface area (Å²) < 4.78 is 25.5. The molecule has 2 aliphatic carbocycles. The summed E-state index contributed by atoms with van der Waals surface area (Å²) in [6, 6.07) is 0. The van der Waals surface area contributed by atoms with Gasteiger partial charge in [0.1, 0.15) is 0 Å². The highest BCUT2D eigenvalue weighted by Gasteiger charge is 2.49. The second-order valence-electron chi connectivity index (χ2n) is 4.36. The van der Waals surface area contributed by atoms with Gasteiger partial charge in [-0.3, -0.25) is 0 Å². The van der Waals surface area contributed by atoms with Gasteiger partial charge in [0, 0.05) is 18.4 Å². The molecule has 0 saturated heterocycles. The maximum absolute atomic E-state index is 12.7. The fourth-order valence-electron chi connectivity index (χ4n) is 2.17. The Morgan fingerprint density at radius 3 is 1.85 bits per heavy atom. The van der Waals surface area contributed by atoms with Crippen LogP contribution >= 0.6 is 12.4 Å². The van der Waals surface area contributed by atoms with E-state index >= 15 is 0 Å². The van der Waals surface area contributed by atoms with Gasteiger partial charge in [0.05, 0.1) is 0 Å². The van der Waals surface area contributed by atoms with E-state index in [4.69, 9.17) is 5.73 Å². The van der Waals surface area contributed by atoms with Crippen LogP contribution in [0, 0.1) is 5.92 Å². The van der Waals surface area contributed by atoms with Crippen molar-refractivity contribution < 1.29 is 8.78 Å². The molecular weight excluding hydrogens is 196 g/mol. The van der Waals surface area contributed by atoms with Crippen LogP contribution in [0.5, 0.6) is 0 Å². The third-order valence-corrected chi connectivity index (χ3v) is 3.36. The Morgan fingerprint density at radius 1 is 1.00 bits per heavy atom. The van der Waals surface area contributed by atoms with E-state index < -0.39 is 5.92 Å². The Bertz CT molecular complexity index is 182. The second-order valence-corrected chi connectivity index (χ2v) is 4.36. The van der Waals surface area contributed by atoms with E-state index in [1.54, 1.807) is 0 Å². The van der Waals surface area contributed by atoms with Crippen LogP contribution < -0.4 is 5.73 Å². The molecule has 0 atom stereocenters. The lowest BCUT2D eigenvalue weighted by Gasteiger charge is -2.31. The van der Waals surface area contributed by atoms with Gasteiger partial charge < -0.3 is 5.73 Å². The SMILES string of the molecule is Cl.NC1(C2CCC(F)(F)CC2)CC1. The summed E-state index contributed by atoms with van der Waals surface area (Å²) in [5, 5.41) is 0. The van der Waals surface area contributed by atoms with Gasteiger partial charge >= 0.3 is 0 Å². The third-order valence-electron chi connectivity index (χ3n) is 3.36. The standard InChI is InChI=1S/C9H15F2N.ClH/c10-9(11)3-1-7(2-4-9)8(12)5-6-8;/h7H,1-6,12H2;1H. The molecule has 2 N–H and O–H groups in total. The van der Waals surface area contributed by atoms with Crippen LogP contribution in [-0.4, -0.2) is 11.5 Å². The molecule has 0 aromatic heterocycles. The van der Waals surface area contributed by atoms with Crippen molar-refractivity contribution in [2.45, 2.75) is 50.0 Å². The molecule has 0 radical (unpaired) electrons. The molecule has 2 rings (SSSR count). The Morgan fingerprint density at radius 2 is 1.46 bits per heavy atom. The fraction of sp³-hybridized carbons (Fsp3) is 1.00. The number of hydrogen-bond acceptors (Lipinski definition) is 1. The first-order valence-electron chi connectivity index (χ1n) is 4.69. The van der Waals surface area contributed by atoms with Gasteiger partial charge in [-0.05, 0) is 31.6 Å². The average molecular weight is 212 g/mol. The van der Waals surface area contributed by atoms with Crippen molar-refractivity contribution in [3.63, 3.8) is 0 Å². The number of nitrogens with two attached hydrogens (primary N) is 1. The topological polar surface area (TPSA) is 26.0 Å². The van der Waals surface area contributed by atoms with E-state index in [9.17, 15) is 8.78 Å². The molecule has 1 nitrogen and oxygen atoms in total. The van der Waals surface area contributed by atoms with Crippen molar-refractivity contribution in [2.75, 3.05) is 0 Å². The molecule has 0 aromatic carbocycles. The Kier molecular flexibility index (Phi) is 2.89. The summed E-state index contributed by atoms with van der Waals surface area (Å²) in [5.74, 6) is -2.03. The fourth-order valence-corrected chi connectivity index (χ4v) is 2.17. The lowest BCUT2D eigenvalue weighted by Crippen LogP contribution is -2.37. The molecule has 4 heteroatoms. The molecule has 78 valence electrons. The van der Waals surface area contributed by atoms with Crippen LogP contribution in [0.2, 0.25) is 0 Å². The molecular formula is C9H16ClF2N. The first kappa shape index (κ1) is 11.2. The summed E-state index contributed by atoms with van der Waals surface area (Å²) in [7, 11) is 0. The van der Waals surface area contributed by atoms with E-state index in [1.807, 2.05) is 0 Å². The van der Waals surface area contributed by atoms with Gasteiger partial charge in [0.2, 0.25) is 5.92 Å². The summed E-state index contributed by atoms with van der Waals surface area (Å²) in [6.07, 6.45) is 3.45. The first-order valence-corrected chi connectivity index (χ1v) is 4.69. The highest BCUT2D eigenvalue weighted by Crippen LogP contribution is 2.48. The predicted molar refractivity (Wildman–Crippen MR) is 50.3 cm³/mol. The molecule has 0 amide bonds. The summed E-state index contributed by atoms with van der Waals surface area (Å²) >= 11 is 0. The molecule has 0 aromatic rings. The van der Waals surface area contributed by atoms with E-state index in [0.717, 1.165) is 12.8 Å². The lowest BCUT2D eigenvalue weighted by molar-refractivity contribution is -0.0493. The smallest absolute Gasteiger partial charge is 0.248 e. The van der Waals surface area contributed by atoms with Gasteiger partial charge in [-0.1, -0.05) is 0 Å². The normalized spacial score (nSPS) is 30.7. The molecule has 0 bridgehead atoms. The summed E-state index contributed by atoms with van der Waals surface area (Å²) in [6.45, 7) is 0. The van der Waals surface area contributed by atoms with Crippen LogP contribution in [0.4, 0.5) is 8.78 Å². The van der Waals surface area contributed by atoms with Crippen LogP contribution in [-0.2, 0) is 0 Å². The minimum absolute atomic E-state index is 0. The Hall–Kier alpha value is 0.110. The predicted octanol–water partition coefficient (Wildman–Crippen LogP) is 2.73. The molecule has 0 aliphatic heterocycles. The van der Waals surface area contributed by atoms with Crippen molar-refractivity contribution in [3.05, 3.63) is 0 Å². The number of alkyl halides is 2. The van der Waals surface area contributed by atoms with Crippen molar-refractivity contribution >= 4 is 12.4 Å². The van der Waals surface area contributed by atoms with Gasteiger partial charge in [0.25, 0.3) is 0 Å². The van der Waals surface area contributed by atoms with Crippen molar-refractivity contribution in [1.29, 1.82) is 0 Å². The van der Waals surface area contributed by atoms with Gasteiger partial charge in [-0.15, -0.1) is 12.4 Å². The highest BCUT2D eigenvalue weighted by molar-refractivity contribution is 5.85. The van der Waals surface area contributed by atoms with E-state index in [2.05, 4.69) is 0 Å². The Labute approximate surface area is 83.5 Å². The number of hydrogen-bond donors (Lipinski definition) is 1. The van der Waals surface area contributed by atoms with Gasteiger partial charge in [0.15, 0.2) is 0 Å². The zero-order chi connectivity index (χ0) is 8.82. The van der Waals surface area contributed by atoms with Crippen molar-refractivity contribution in [3.8, 4) is 0 Å². The molecule has 13 heavy (non-hydrogen) atoms. The molecule has 2 aliphatic rings. The van der Waals surface area contributed by atoms with Gasteiger partial charge in [-0.25, -0.2) is 8.78 Å². The second kappa shape index (κ2) is 3.35. The van der Waals surface area contributed by atoms with E-state index in [-0.39, 0.29) is 30.8 Å². The largest absolute Gasteiger partial charge is 0.325 e. The first-order chi connectivity index (χ1) is 5.52. The molecule has 0 heterocycles. The maximum atomic E-state index is 12.7. The molecule has 2 saturated carbocycles. The minimum atomic E-state index is -2.40. The Balaban J connectivity index is 0.000000845. The summed E-state index contributed by atoms with van der Waals surface area (Å²) in [5.41, 5.74) is 5.92. The van der Waals surface area contributed by atoms with Gasteiger partial charge in [-0.2, -0.15) is 0 Å². The van der Waals surface area contributed by atoms with Crippen LogP contribution in [0.3, 0.4) is 0 Å². The zero-order valence-corrected chi connectivity index (χ0v) is 8.38. The quantitative estimate of drug-likeness (QED) is 0.709. The number of rotatable bonds is 1. The van der Waals surface area contributed by atoms with E-state index in [1.165, 1.54) is 0 Å². The van der Waals surface area contributed by atoms with E-state index in [0.29, 0.717) is 18.8 Å². The average Bonchev–Trinajstić information content (AvgIpc) is 2.68. The minimum Gasteiger partial charge on any atom is -0.325 e. The lowest BCUT2D eigenvalue weighted by atomic mass is 9.81. The third kappa shape index (κ3) is 2.32. The molecule has 0 unspecified atom stereocenters. The molecule has 0 spiro atoms. The monoisotopic (exact) mass is 211 g/mol. The van der Waals surface area contributed by atoms with Crippen molar-refractivity contribution in [2.24, 2.45) is 11.7 Å². The zero-order valence-electron chi connectivity index (χ0n) is 7.56. The highest BCUT2D eigenvalue weighted by atomic mass is 35.5. The van der Waals surface area contributed by atoms with Crippen LogP contribution in [0.25, 0.3) is 0 Å². The molecule has 2 fully saturated rings. The van der Waals surface area contributed by atoms with Crippen LogP contribution in [0.15, 0.2) is 0 Å². The number of halogens is 3. The maximum Gasteiger partial charge on any atom is 0.248 e. The van der Waals surface area contributed by atoms with Crippen molar-refractivity contribution in [1.82, 2.24) is 0 Å². The summed E-state index contributed by atoms with van der Waals surface area (Å²) in [4.78, 5) is 0.